The fourth-order valence-electron chi connectivity index (χ4n) is 1.06. The lowest BCUT2D eigenvalue weighted by molar-refractivity contribution is 0.419. The highest BCUT2D eigenvalue weighted by Crippen LogP contribution is 2.44. The van der Waals surface area contributed by atoms with Crippen LogP contribution in [0.4, 0.5) is 0 Å². The Morgan fingerprint density at radius 2 is 2.00 bits per heavy atom. The highest BCUT2D eigenvalue weighted by molar-refractivity contribution is 7.21. The van der Waals surface area contributed by atoms with Crippen molar-refractivity contribution >= 4 is 33.0 Å². The Morgan fingerprint density at radius 1 is 1.25 bits per heavy atom. The van der Waals surface area contributed by atoms with Gasteiger partial charge < -0.3 is 10.2 Å². The van der Waals surface area contributed by atoms with Gasteiger partial charge in [-0.25, -0.2) is 0 Å². The second-order valence-corrected chi connectivity index (χ2v) is 3.78. The molecule has 0 radical (unpaired) electrons. The summed E-state index contributed by atoms with van der Waals surface area (Å²) in [6, 6.07) is 5.17. The van der Waals surface area contributed by atoms with Gasteiger partial charge in [0, 0.05) is 5.39 Å². The van der Waals surface area contributed by atoms with Crippen molar-refractivity contribution in [3.8, 4) is 10.8 Å². The summed E-state index contributed by atoms with van der Waals surface area (Å²) in [4.78, 5) is 0. The maximum Gasteiger partial charge on any atom is 0.215 e. The highest BCUT2D eigenvalue weighted by atomic mass is 35.5. The lowest BCUT2D eigenvalue weighted by atomic mass is 10.2. The molecule has 0 atom stereocenters. The molecule has 1 aromatic carbocycles. The van der Waals surface area contributed by atoms with E-state index in [1.807, 2.05) is 0 Å². The molecule has 2 rings (SSSR count). The third-order valence-electron chi connectivity index (χ3n) is 1.62. The fraction of sp³-hybridized carbons (Fsp3) is 0. The van der Waals surface area contributed by atoms with Crippen LogP contribution in [0.15, 0.2) is 18.2 Å². The van der Waals surface area contributed by atoms with Gasteiger partial charge in [0.1, 0.15) is 0 Å². The van der Waals surface area contributed by atoms with Crippen LogP contribution in [0.5, 0.6) is 10.8 Å². The fourth-order valence-corrected chi connectivity index (χ4v) is 2.19. The first kappa shape index (κ1) is 7.71. The topological polar surface area (TPSA) is 40.5 Å². The van der Waals surface area contributed by atoms with Crippen LogP contribution in [0.25, 0.3) is 10.1 Å². The van der Waals surface area contributed by atoms with E-state index in [-0.39, 0.29) is 10.8 Å². The third kappa shape index (κ3) is 0.940. The number of benzene rings is 1. The first-order valence-corrected chi connectivity index (χ1v) is 4.48. The molecule has 0 bridgehead atoms. The lowest BCUT2D eigenvalue weighted by Crippen LogP contribution is -1.64. The largest absolute Gasteiger partial charge is 0.503 e. The summed E-state index contributed by atoms with van der Waals surface area (Å²) in [5.74, 6) is -0.0856. The van der Waals surface area contributed by atoms with E-state index in [2.05, 4.69) is 0 Å². The molecule has 2 aromatic rings. The summed E-state index contributed by atoms with van der Waals surface area (Å²) >= 11 is 6.91. The Morgan fingerprint density at radius 3 is 2.67 bits per heavy atom. The summed E-state index contributed by atoms with van der Waals surface area (Å²) < 4.78 is 0.717. The minimum absolute atomic E-state index is 0.0851. The van der Waals surface area contributed by atoms with E-state index in [9.17, 15) is 10.2 Å². The zero-order valence-electron chi connectivity index (χ0n) is 5.91. The monoisotopic (exact) mass is 200 g/mol. The SMILES string of the molecule is Oc1sc2c(Cl)cccc2c1O. The number of rotatable bonds is 0. The smallest absolute Gasteiger partial charge is 0.215 e. The van der Waals surface area contributed by atoms with Gasteiger partial charge in [-0.2, -0.15) is 0 Å². The molecule has 0 aliphatic rings. The van der Waals surface area contributed by atoms with Crippen molar-refractivity contribution in [3.63, 3.8) is 0 Å². The maximum atomic E-state index is 9.32. The van der Waals surface area contributed by atoms with Crippen LogP contribution >= 0.6 is 22.9 Å². The van der Waals surface area contributed by atoms with Gasteiger partial charge in [0.25, 0.3) is 0 Å². The number of hydrogen-bond acceptors (Lipinski definition) is 3. The van der Waals surface area contributed by atoms with E-state index >= 15 is 0 Å². The molecule has 1 heterocycles. The van der Waals surface area contributed by atoms with Gasteiger partial charge in [0.2, 0.25) is 5.06 Å². The van der Waals surface area contributed by atoms with Crippen molar-refractivity contribution in [1.29, 1.82) is 0 Å². The molecule has 0 spiro atoms. The van der Waals surface area contributed by atoms with E-state index in [0.717, 1.165) is 11.3 Å². The molecular formula is C8H5ClO2S. The second kappa shape index (κ2) is 2.54. The Balaban J connectivity index is 2.95. The van der Waals surface area contributed by atoms with E-state index in [1.54, 1.807) is 18.2 Å². The molecule has 0 aliphatic heterocycles. The van der Waals surface area contributed by atoms with Gasteiger partial charge in [-0.05, 0) is 12.1 Å². The minimum Gasteiger partial charge on any atom is -0.503 e. The lowest BCUT2D eigenvalue weighted by Gasteiger charge is -1.90. The molecule has 12 heavy (non-hydrogen) atoms. The average molecular weight is 201 g/mol. The first-order valence-electron chi connectivity index (χ1n) is 3.29. The van der Waals surface area contributed by atoms with Gasteiger partial charge in [-0.15, -0.1) is 0 Å². The van der Waals surface area contributed by atoms with Crippen LogP contribution in [0.3, 0.4) is 0 Å². The van der Waals surface area contributed by atoms with Crippen LogP contribution in [-0.2, 0) is 0 Å². The van der Waals surface area contributed by atoms with Crippen molar-refractivity contribution in [3.05, 3.63) is 23.2 Å². The first-order chi connectivity index (χ1) is 5.70. The summed E-state index contributed by atoms with van der Waals surface area (Å²) in [7, 11) is 0. The standard InChI is InChI=1S/C8H5ClO2S/c9-5-3-1-2-4-6(10)8(11)12-7(4)5/h1-3,10-11H. The Labute approximate surface area is 77.6 Å². The molecule has 0 saturated carbocycles. The van der Waals surface area contributed by atoms with Crippen LogP contribution < -0.4 is 0 Å². The van der Waals surface area contributed by atoms with Crippen LogP contribution in [-0.4, -0.2) is 10.2 Å². The zero-order chi connectivity index (χ0) is 8.72. The van der Waals surface area contributed by atoms with Gasteiger partial charge in [-0.3, -0.25) is 0 Å². The van der Waals surface area contributed by atoms with Gasteiger partial charge in [0.15, 0.2) is 5.75 Å². The quantitative estimate of drug-likeness (QED) is 0.687. The van der Waals surface area contributed by atoms with Crippen LogP contribution in [0, 0.1) is 0 Å². The molecule has 0 saturated heterocycles. The minimum atomic E-state index is -0.0856. The molecule has 0 unspecified atom stereocenters. The molecule has 1 aromatic heterocycles. The maximum absolute atomic E-state index is 9.32. The molecule has 0 amide bonds. The summed E-state index contributed by atoms with van der Waals surface area (Å²) in [5.41, 5.74) is 0. The summed E-state index contributed by atoms with van der Waals surface area (Å²) in [5, 5.41) is 19.6. The van der Waals surface area contributed by atoms with E-state index < -0.39 is 0 Å². The molecule has 4 heteroatoms. The van der Waals surface area contributed by atoms with Crippen LogP contribution in [0.1, 0.15) is 0 Å². The van der Waals surface area contributed by atoms with Crippen molar-refractivity contribution in [1.82, 2.24) is 0 Å². The molecule has 0 fully saturated rings. The molecular weight excluding hydrogens is 196 g/mol. The number of aromatic hydroxyl groups is 2. The normalized spacial score (nSPS) is 10.8. The Hall–Kier alpha value is -0.930. The highest BCUT2D eigenvalue weighted by Gasteiger charge is 2.11. The van der Waals surface area contributed by atoms with E-state index in [0.29, 0.717) is 15.1 Å². The summed E-state index contributed by atoms with van der Waals surface area (Å²) in [6.07, 6.45) is 0. The predicted molar refractivity (Wildman–Crippen MR) is 50.2 cm³/mol. The second-order valence-electron chi connectivity index (χ2n) is 2.37. The zero-order valence-corrected chi connectivity index (χ0v) is 7.49. The van der Waals surface area contributed by atoms with Gasteiger partial charge >= 0.3 is 0 Å². The van der Waals surface area contributed by atoms with Gasteiger partial charge in [0.05, 0.1) is 9.72 Å². The number of fused-ring (bicyclic) bond motifs is 1. The molecule has 62 valence electrons. The number of thiophene rings is 1. The van der Waals surface area contributed by atoms with E-state index in [4.69, 9.17) is 11.6 Å². The molecule has 2 N–H and O–H groups in total. The Kier molecular flexibility index (Phi) is 1.63. The molecule has 0 aliphatic carbocycles. The van der Waals surface area contributed by atoms with Crippen molar-refractivity contribution in [2.75, 3.05) is 0 Å². The van der Waals surface area contributed by atoms with E-state index in [1.165, 1.54) is 0 Å². The van der Waals surface area contributed by atoms with Crippen molar-refractivity contribution in [2.45, 2.75) is 0 Å². The third-order valence-corrected chi connectivity index (χ3v) is 3.08. The Bertz CT molecular complexity index is 436. The van der Waals surface area contributed by atoms with Crippen LogP contribution in [0.2, 0.25) is 5.02 Å². The average Bonchev–Trinajstić information content (AvgIpc) is 2.32. The number of hydrogen-bond donors (Lipinski definition) is 2. The van der Waals surface area contributed by atoms with Gasteiger partial charge in [-0.1, -0.05) is 29.0 Å². The van der Waals surface area contributed by atoms with Crippen molar-refractivity contribution in [2.24, 2.45) is 0 Å². The van der Waals surface area contributed by atoms with Crippen molar-refractivity contribution < 1.29 is 10.2 Å². The molecule has 2 nitrogen and oxygen atoms in total. The summed E-state index contributed by atoms with van der Waals surface area (Å²) in [6.45, 7) is 0. The number of halogens is 1. The predicted octanol–water partition coefficient (Wildman–Crippen LogP) is 2.97.